The highest BCUT2D eigenvalue weighted by molar-refractivity contribution is 7.69. The van der Waals surface area contributed by atoms with Crippen molar-refractivity contribution in [1.29, 1.82) is 0 Å². The summed E-state index contributed by atoms with van der Waals surface area (Å²) in [6, 6.07) is 15.5. The fourth-order valence-electron chi connectivity index (χ4n) is 1.84. The van der Waals surface area contributed by atoms with Gasteiger partial charge in [-0.1, -0.05) is 53.5 Å². The number of hydrogen-bond donors (Lipinski definition) is 2. The fourth-order valence-corrected chi connectivity index (χ4v) is 3.91. The van der Waals surface area contributed by atoms with Crippen molar-refractivity contribution in [1.82, 2.24) is 4.98 Å². The van der Waals surface area contributed by atoms with Crippen LogP contribution < -0.4 is 4.89 Å². The van der Waals surface area contributed by atoms with Crippen LogP contribution in [0.15, 0.2) is 48.5 Å². The molecule has 0 radical (unpaired) electrons. The van der Waals surface area contributed by atoms with Gasteiger partial charge in [-0.2, -0.15) is 4.98 Å². The van der Waals surface area contributed by atoms with Crippen molar-refractivity contribution < 1.29 is 19.2 Å². The van der Waals surface area contributed by atoms with E-state index in [9.17, 15) is 0 Å². The minimum absolute atomic E-state index is 0.744. The third kappa shape index (κ3) is 9.68. The maximum atomic E-state index is 8.77. The van der Waals surface area contributed by atoms with Crippen molar-refractivity contribution in [3.8, 4) is 0 Å². The molecule has 1 heterocycles. The molecule has 146 valence electrons. The Kier molecular flexibility index (Phi) is 8.95. The first-order valence-electron chi connectivity index (χ1n) is 7.63. The van der Waals surface area contributed by atoms with Crippen LogP contribution in [-0.4, -0.2) is 14.8 Å². The maximum absolute atomic E-state index is 8.77. The summed E-state index contributed by atoms with van der Waals surface area (Å²) in [5.41, 5.74) is 2.21. The fraction of sp³-hybridized carbons (Fsp3) is 0. The molecule has 1 aromatic heterocycles. The molecule has 0 bridgehead atoms. The number of aromatic nitrogens is 1. The summed E-state index contributed by atoms with van der Waals surface area (Å²) in [5.74, 6) is 0. The molecule has 2 N–H and O–H groups in total. The second kappa shape index (κ2) is 11.0. The predicted molar refractivity (Wildman–Crippen MR) is 117 cm³/mol. The molecule has 3 aromatic rings. The molecule has 0 saturated carbocycles. The Bertz CT molecular complexity index is 921. The largest absolute Gasteiger partial charge is 0.756 e. The minimum atomic E-state index is -4.89. The molecule has 0 atom stereocenters. The standard InChI is InChI=1S/C18H12Cl2NS2.H3O4P/c19-15-7-1-13(2-8-15)5-11-17-21-18(23-22-17)12-6-14-3-9-16(20)10-4-14;1-5(2,3)4/h1-12H;(H3,1,2,3,4)/q+1;/p-1/b11-5+,12-6+;. The van der Waals surface area contributed by atoms with Gasteiger partial charge in [0.2, 0.25) is 0 Å². The molecule has 0 spiro atoms. The number of halogens is 2. The van der Waals surface area contributed by atoms with E-state index in [1.807, 2.05) is 72.8 Å². The first kappa shape index (κ1) is 22.9. The Morgan fingerprint density at radius 3 is 1.79 bits per heavy atom. The Morgan fingerprint density at radius 1 is 0.893 bits per heavy atom. The molecule has 28 heavy (non-hydrogen) atoms. The molecule has 0 aliphatic carbocycles. The molecule has 0 fully saturated rings. The van der Waals surface area contributed by atoms with E-state index in [0.717, 1.165) is 31.2 Å². The summed E-state index contributed by atoms with van der Waals surface area (Å²) in [6.07, 6.45) is 8.11. The van der Waals surface area contributed by atoms with Crippen molar-refractivity contribution in [3.05, 3.63) is 79.7 Å². The second-order valence-electron chi connectivity index (χ2n) is 5.22. The second-order valence-corrected chi connectivity index (χ2v) is 9.24. The van der Waals surface area contributed by atoms with Gasteiger partial charge in [-0.25, -0.2) is 0 Å². The molecule has 10 heteroatoms. The SMILES string of the molecule is Clc1ccc(/C=C/c2nc(/C=C/c3ccc(Cl)cc3)[s+]s2)cc1.O=P([O-])(O)O. The summed E-state index contributed by atoms with van der Waals surface area (Å²) >= 11 is 11.8. The molecule has 0 saturated heterocycles. The van der Waals surface area contributed by atoms with Gasteiger partial charge in [-0.15, -0.1) is 0 Å². The lowest BCUT2D eigenvalue weighted by Crippen LogP contribution is -1.94. The van der Waals surface area contributed by atoms with Gasteiger partial charge in [0.05, 0.1) is 0 Å². The Labute approximate surface area is 179 Å². The van der Waals surface area contributed by atoms with E-state index in [1.54, 1.807) is 20.7 Å². The highest BCUT2D eigenvalue weighted by Gasteiger charge is 2.10. The molecule has 0 aliphatic heterocycles. The molecule has 0 amide bonds. The molecule has 3 rings (SSSR count). The lowest BCUT2D eigenvalue weighted by atomic mass is 10.2. The van der Waals surface area contributed by atoms with Crippen LogP contribution in [0.2, 0.25) is 10.0 Å². The van der Waals surface area contributed by atoms with E-state index >= 15 is 0 Å². The lowest BCUT2D eigenvalue weighted by molar-refractivity contribution is -0.214. The maximum Gasteiger partial charge on any atom is 0.341 e. The minimum Gasteiger partial charge on any atom is -0.756 e. The third-order valence-corrected chi connectivity index (χ3v) is 5.67. The van der Waals surface area contributed by atoms with Gasteiger partial charge in [-0.05, 0) is 47.5 Å². The normalized spacial score (nSPS) is 11.6. The van der Waals surface area contributed by atoms with Gasteiger partial charge in [0.25, 0.3) is 7.82 Å². The smallest absolute Gasteiger partial charge is 0.341 e. The van der Waals surface area contributed by atoms with E-state index in [4.69, 9.17) is 42.4 Å². The van der Waals surface area contributed by atoms with Crippen LogP contribution in [0.4, 0.5) is 0 Å². The molecular weight excluding hydrogens is 460 g/mol. The van der Waals surface area contributed by atoms with Crippen LogP contribution in [0.3, 0.4) is 0 Å². The van der Waals surface area contributed by atoms with Gasteiger partial charge in [0.1, 0.15) is 0 Å². The summed E-state index contributed by atoms with van der Waals surface area (Å²) < 4.78 is 8.77. The quantitative estimate of drug-likeness (QED) is 0.293. The monoisotopic (exact) mass is 473 g/mol. The van der Waals surface area contributed by atoms with Crippen LogP contribution in [0.5, 0.6) is 0 Å². The highest BCUT2D eigenvalue weighted by Crippen LogP contribution is 2.22. The summed E-state index contributed by atoms with van der Waals surface area (Å²) in [6.45, 7) is 0. The third-order valence-electron chi connectivity index (χ3n) is 3.01. The average Bonchev–Trinajstić information content (AvgIpc) is 3.07. The zero-order valence-electron chi connectivity index (χ0n) is 14.1. The van der Waals surface area contributed by atoms with Gasteiger partial charge < -0.3 is 14.7 Å². The molecule has 2 aromatic carbocycles. The molecule has 5 nitrogen and oxygen atoms in total. The Morgan fingerprint density at radius 2 is 1.32 bits per heavy atom. The number of hydrogen-bond acceptors (Lipinski definition) is 4. The zero-order chi connectivity index (χ0) is 20.6. The van der Waals surface area contributed by atoms with Gasteiger partial charge in [0.15, 0.2) is 15.3 Å². The summed E-state index contributed by atoms with van der Waals surface area (Å²) in [4.78, 5) is 27.5. The van der Waals surface area contributed by atoms with Crippen LogP contribution in [0.1, 0.15) is 21.1 Å². The summed E-state index contributed by atoms with van der Waals surface area (Å²) in [5, 5.41) is 3.46. The van der Waals surface area contributed by atoms with Crippen LogP contribution in [0, 0.1) is 0 Å². The first-order chi connectivity index (χ1) is 13.2. The molecule has 0 unspecified atom stereocenters. The Hall–Kier alpha value is -1.41. The number of benzene rings is 2. The van der Waals surface area contributed by atoms with E-state index in [1.165, 1.54) is 0 Å². The average molecular weight is 474 g/mol. The van der Waals surface area contributed by atoms with Gasteiger partial charge in [0, 0.05) is 16.1 Å². The van der Waals surface area contributed by atoms with E-state index in [-0.39, 0.29) is 0 Å². The molecule has 0 aliphatic rings. The predicted octanol–water partition coefficient (Wildman–Crippen LogP) is 5.57. The topological polar surface area (TPSA) is 93.5 Å². The number of rotatable bonds is 4. The Balaban J connectivity index is 0.000000500. The van der Waals surface area contributed by atoms with Crippen LogP contribution >= 0.6 is 51.7 Å². The van der Waals surface area contributed by atoms with Crippen molar-refractivity contribution in [2.24, 2.45) is 0 Å². The number of nitrogens with zero attached hydrogens (tertiary/aromatic N) is 1. The van der Waals surface area contributed by atoms with Crippen molar-refractivity contribution >= 4 is 76.0 Å². The van der Waals surface area contributed by atoms with Gasteiger partial charge >= 0.3 is 15.3 Å². The van der Waals surface area contributed by atoms with Crippen LogP contribution in [-0.2, 0) is 4.57 Å². The first-order valence-corrected chi connectivity index (χ1v) is 12.1. The lowest BCUT2D eigenvalue weighted by Gasteiger charge is -2.01. The van der Waals surface area contributed by atoms with E-state index in [2.05, 4.69) is 4.98 Å². The molecular formula is C18H14Cl2NO4PS2. The van der Waals surface area contributed by atoms with Crippen molar-refractivity contribution in [2.75, 3.05) is 0 Å². The number of phosphoric acid groups is 1. The van der Waals surface area contributed by atoms with Gasteiger partial charge in [-0.3, -0.25) is 4.57 Å². The highest BCUT2D eigenvalue weighted by atomic mass is 35.5. The van der Waals surface area contributed by atoms with Crippen LogP contribution in [0.25, 0.3) is 24.3 Å². The summed E-state index contributed by atoms with van der Waals surface area (Å²) in [7, 11) is -1.58. The zero-order valence-corrected chi connectivity index (χ0v) is 18.1. The van der Waals surface area contributed by atoms with Crippen molar-refractivity contribution in [3.63, 3.8) is 0 Å². The van der Waals surface area contributed by atoms with E-state index < -0.39 is 7.82 Å². The van der Waals surface area contributed by atoms with E-state index in [0.29, 0.717) is 0 Å². The van der Waals surface area contributed by atoms with Crippen molar-refractivity contribution in [2.45, 2.75) is 0 Å².